The first-order valence-corrected chi connectivity index (χ1v) is 9.60. The number of carbonyl (C=O) groups excluding carboxylic acids is 2. The van der Waals surface area contributed by atoms with Gasteiger partial charge < -0.3 is 19.3 Å². The molecule has 0 radical (unpaired) electrons. The summed E-state index contributed by atoms with van der Waals surface area (Å²) in [5.41, 5.74) is 1.56. The number of rotatable bonds is 3. The fraction of sp³-hybridized carbons (Fsp3) is 0.300. The fourth-order valence-electron chi connectivity index (χ4n) is 3.30. The van der Waals surface area contributed by atoms with Gasteiger partial charge in [-0.25, -0.2) is 0 Å². The average molecular weight is 431 g/mol. The number of carbonyl (C=O) groups is 2. The minimum Gasteiger partial charge on any atom is -0.454 e. The monoisotopic (exact) mass is 430 g/mol. The molecule has 1 fully saturated rings. The van der Waals surface area contributed by atoms with Gasteiger partial charge in [-0.3, -0.25) is 9.59 Å². The second kappa shape index (κ2) is 7.60. The Bertz CT molecular complexity index is 878. The molecule has 0 saturated carbocycles. The van der Waals surface area contributed by atoms with E-state index in [0.717, 1.165) is 10.0 Å². The third kappa shape index (κ3) is 3.93. The van der Waals surface area contributed by atoms with Gasteiger partial charge in [-0.15, -0.1) is 0 Å². The molecule has 1 saturated heterocycles. The minimum absolute atomic E-state index is 0.0487. The molecule has 0 unspecified atom stereocenters. The molecular formula is C20H19BrN2O4. The first kappa shape index (κ1) is 17.9. The van der Waals surface area contributed by atoms with Gasteiger partial charge >= 0.3 is 0 Å². The van der Waals surface area contributed by atoms with Crippen LogP contribution in [0.1, 0.15) is 15.9 Å². The summed E-state index contributed by atoms with van der Waals surface area (Å²) in [5, 5.41) is 0. The van der Waals surface area contributed by atoms with E-state index in [1.165, 1.54) is 0 Å². The average Bonchev–Trinajstić information content (AvgIpc) is 3.15. The zero-order valence-corrected chi connectivity index (χ0v) is 16.3. The third-order valence-corrected chi connectivity index (χ3v) is 5.28. The SMILES string of the molecule is O=C(Cc1cccc(Br)c1)N1CCN(C(=O)c2ccc3c(c2)OCO3)CC1. The van der Waals surface area contributed by atoms with Crippen LogP contribution in [0, 0.1) is 0 Å². The summed E-state index contributed by atoms with van der Waals surface area (Å²) >= 11 is 3.43. The number of nitrogens with zero attached hydrogens (tertiary/aromatic N) is 2. The molecule has 2 aliphatic rings. The number of piperazine rings is 1. The predicted molar refractivity (Wildman–Crippen MR) is 103 cm³/mol. The number of halogens is 1. The second-order valence-electron chi connectivity index (χ2n) is 6.55. The summed E-state index contributed by atoms with van der Waals surface area (Å²) in [6.45, 7) is 2.33. The maximum absolute atomic E-state index is 12.7. The van der Waals surface area contributed by atoms with E-state index in [2.05, 4.69) is 15.9 Å². The largest absolute Gasteiger partial charge is 0.454 e. The molecule has 0 bridgehead atoms. The minimum atomic E-state index is -0.0487. The Balaban J connectivity index is 1.34. The van der Waals surface area contributed by atoms with Gasteiger partial charge in [-0.1, -0.05) is 28.1 Å². The zero-order chi connectivity index (χ0) is 18.8. The molecule has 0 aliphatic carbocycles. The van der Waals surface area contributed by atoms with Gasteiger partial charge in [0, 0.05) is 36.2 Å². The molecule has 4 rings (SSSR count). The van der Waals surface area contributed by atoms with Gasteiger partial charge in [0.2, 0.25) is 12.7 Å². The summed E-state index contributed by atoms with van der Waals surface area (Å²) in [6, 6.07) is 13.0. The first-order valence-electron chi connectivity index (χ1n) is 8.81. The number of amides is 2. The van der Waals surface area contributed by atoms with Crippen molar-refractivity contribution in [1.82, 2.24) is 9.80 Å². The number of ether oxygens (including phenoxy) is 2. The summed E-state index contributed by atoms with van der Waals surface area (Å²) in [6.07, 6.45) is 0.371. The van der Waals surface area contributed by atoms with Crippen molar-refractivity contribution in [2.45, 2.75) is 6.42 Å². The number of hydrogen-bond acceptors (Lipinski definition) is 4. The van der Waals surface area contributed by atoms with Crippen LogP contribution in [0.25, 0.3) is 0 Å². The van der Waals surface area contributed by atoms with Crippen molar-refractivity contribution in [3.63, 3.8) is 0 Å². The molecular weight excluding hydrogens is 412 g/mol. The van der Waals surface area contributed by atoms with Crippen molar-refractivity contribution in [3.8, 4) is 11.5 Å². The van der Waals surface area contributed by atoms with Crippen LogP contribution < -0.4 is 9.47 Å². The van der Waals surface area contributed by atoms with E-state index in [4.69, 9.17) is 9.47 Å². The molecule has 140 valence electrons. The lowest BCUT2D eigenvalue weighted by molar-refractivity contribution is -0.131. The molecule has 6 nitrogen and oxygen atoms in total. The first-order chi connectivity index (χ1) is 13.1. The predicted octanol–water partition coefficient (Wildman–Crippen LogP) is 2.70. The van der Waals surface area contributed by atoms with E-state index in [1.54, 1.807) is 23.1 Å². The van der Waals surface area contributed by atoms with Crippen LogP contribution >= 0.6 is 15.9 Å². The van der Waals surface area contributed by atoms with E-state index in [-0.39, 0.29) is 18.6 Å². The Hall–Kier alpha value is -2.54. The zero-order valence-electron chi connectivity index (χ0n) is 14.7. The molecule has 0 N–H and O–H groups in total. The molecule has 27 heavy (non-hydrogen) atoms. The molecule has 2 aromatic rings. The van der Waals surface area contributed by atoms with Crippen LogP contribution in [-0.2, 0) is 11.2 Å². The Morgan fingerprint density at radius 3 is 2.44 bits per heavy atom. The van der Waals surface area contributed by atoms with Crippen LogP contribution in [0.5, 0.6) is 11.5 Å². The molecule has 2 heterocycles. The fourth-order valence-corrected chi connectivity index (χ4v) is 3.75. The van der Waals surface area contributed by atoms with E-state index < -0.39 is 0 Å². The van der Waals surface area contributed by atoms with E-state index >= 15 is 0 Å². The van der Waals surface area contributed by atoms with Crippen LogP contribution in [0.2, 0.25) is 0 Å². The lowest BCUT2D eigenvalue weighted by Gasteiger charge is -2.35. The molecule has 0 spiro atoms. The van der Waals surface area contributed by atoms with Crippen molar-refractivity contribution in [3.05, 3.63) is 58.1 Å². The highest BCUT2D eigenvalue weighted by Gasteiger charge is 2.26. The normalized spacial score (nSPS) is 15.7. The maximum atomic E-state index is 12.7. The van der Waals surface area contributed by atoms with Crippen LogP contribution in [0.15, 0.2) is 46.9 Å². The molecule has 0 aromatic heterocycles. The van der Waals surface area contributed by atoms with Crippen molar-refractivity contribution in [2.24, 2.45) is 0 Å². The lowest BCUT2D eigenvalue weighted by Crippen LogP contribution is -2.51. The Labute approximate surface area is 165 Å². The highest BCUT2D eigenvalue weighted by Crippen LogP contribution is 2.32. The second-order valence-corrected chi connectivity index (χ2v) is 7.46. The molecule has 2 aliphatic heterocycles. The summed E-state index contributed by atoms with van der Waals surface area (Å²) in [4.78, 5) is 28.9. The van der Waals surface area contributed by atoms with Gasteiger partial charge in [0.05, 0.1) is 6.42 Å². The van der Waals surface area contributed by atoms with Crippen molar-refractivity contribution >= 4 is 27.7 Å². The van der Waals surface area contributed by atoms with Crippen LogP contribution in [0.3, 0.4) is 0 Å². The lowest BCUT2D eigenvalue weighted by atomic mass is 10.1. The Kier molecular flexibility index (Phi) is 5.03. The summed E-state index contributed by atoms with van der Waals surface area (Å²) in [7, 11) is 0. The van der Waals surface area contributed by atoms with Crippen molar-refractivity contribution in [1.29, 1.82) is 0 Å². The maximum Gasteiger partial charge on any atom is 0.254 e. The van der Waals surface area contributed by atoms with Gasteiger partial charge in [-0.05, 0) is 35.9 Å². The van der Waals surface area contributed by atoms with Crippen LogP contribution in [-0.4, -0.2) is 54.6 Å². The van der Waals surface area contributed by atoms with E-state index in [1.807, 2.05) is 29.2 Å². The third-order valence-electron chi connectivity index (χ3n) is 4.78. The van der Waals surface area contributed by atoms with Gasteiger partial charge in [0.15, 0.2) is 11.5 Å². The van der Waals surface area contributed by atoms with E-state index in [9.17, 15) is 9.59 Å². The smallest absolute Gasteiger partial charge is 0.254 e. The molecule has 7 heteroatoms. The topological polar surface area (TPSA) is 59.1 Å². The number of hydrogen-bond donors (Lipinski definition) is 0. The van der Waals surface area contributed by atoms with Crippen LogP contribution in [0.4, 0.5) is 0 Å². The van der Waals surface area contributed by atoms with Gasteiger partial charge in [0.1, 0.15) is 0 Å². The Morgan fingerprint density at radius 2 is 1.67 bits per heavy atom. The number of fused-ring (bicyclic) bond motifs is 1. The highest BCUT2D eigenvalue weighted by atomic mass is 79.9. The quantitative estimate of drug-likeness (QED) is 0.750. The highest BCUT2D eigenvalue weighted by molar-refractivity contribution is 9.10. The molecule has 2 amide bonds. The van der Waals surface area contributed by atoms with Crippen molar-refractivity contribution < 1.29 is 19.1 Å². The molecule has 2 aromatic carbocycles. The Morgan fingerprint density at radius 1 is 0.926 bits per heavy atom. The van der Waals surface area contributed by atoms with Gasteiger partial charge in [0.25, 0.3) is 5.91 Å². The van der Waals surface area contributed by atoms with Crippen molar-refractivity contribution in [2.75, 3.05) is 33.0 Å². The molecule has 0 atom stereocenters. The standard InChI is InChI=1S/C20H19BrN2O4/c21-16-3-1-2-14(10-16)11-19(24)22-6-8-23(9-7-22)20(25)15-4-5-17-18(12-15)27-13-26-17/h1-5,10,12H,6-9,11,13H2. The van der Waals surface area contributed by atoms with Gasteiger partial charge in [-0.2, -0.15) is 0 Å². The number of benzene rings is 2. The summed E-state index contributed by atoms with van der Waals surface area (Å²) < 4.78 is 11.6. The summed E-state index contributed by atoms with van der Waals surface area (Å²) in [5.74, 6) is 1.30. The van der Waals surface area contributed by atoms with E-state index in [0.29, 0.717) is 49.7 Å².